The van der Waals surface area contributed by atoms with Crippen LogP contribution in [-0.4, -0.2) is 37.2 Å². The number of allylic oxidation sites excluding steroid dienone is 14. The van der Waals surface area contributed by atoms with E-state index in [1.54, 1.807) is 0 Å². The molecule has 0 aliphatic carbocycles. The van der Waals surface area contributed by atoms with Gasteiger partial charge in [-0.25, -0.2) is 0 Å². The van der Waals surface area contributed by atoms with E-state index in [-0.39, 0.29) is 44.0 Å². The van der Waals surface area contributed by atoms with Gasteiger partial charge < -0.3 is 14.2 Å². The molecule has 1 atom stereocenters. The van der Waals surface area contributed by atoms with Gasteiger partial charge in [-0.3, -0.25) is 14.4 Å². The lowest BCUT2D eigenvalue weighted by molar-refractivity contribution is -0.167. The molecule has 0 amide bonds. The fourth-order valence-electron chi connectivity index (χ4n) is 7.62. The molecule has 0 spiro atoms. The molecule has 0 unspecified atom stereocenters. The van der Waals surface area contributed by atoms with Gasteiger partial charge in [0.1, 0.15) is 13.2 Å². The van der Waals surface area contributed by atoms with E-state index in [2.05, 4.69) is 106 Å². The summed E-state index contributed by atoms with van der Waals surface area (Å²) in [4.78, 5) is 38.1. The van der Waals surface area contributed by atoms with Crippen LogP contribution in [0.4, 0.5) is 0 Å². The van der Waals surface area contributed by atoms with Crippen molar-refractivity contribution in [2.45, 2.75) is 271 Å². The van der Waals surface area contributed by atoms with Crippen molar-refractivity contribution in [3.05, 3.63) is 85.1 Å². The highest BCUT2D eigenvalue weighted by molar-refractivity contribution is 5.71. The van der Waals surface area contributed by atoms with Crippen LogP contribution in [0.15, 0.2) is 85.1 Å². The second-order valence-electron chi connectivity index (χ2n) is 18.5. The van der Waals surface area contributed by atoms with E-state index in [9.17, 15) is 14.4 Å². The van der Waals surface area contributed by atoms with Gasteiger partial charge in [0.15, 0.2) is 6.10 Å². The summed E-state index contributed by atoms with van der Waals surface area (Å²) in [5.74, 6) is -0.999. The molecule has 0 saturated heterocycles. The first-order chi connectivity index (χ1) is 33.0. The molecule has 0 saturated carbocycles. The summed E-state index contributed by atoms with van der Waals surface area (Å²) >= 11 is 0. The van der Waals surface area contributed by atoms with Gasteiger partial charge in [-0.15, -0.1) is 0 Å². The molecule has 67 heavy (non-hydrogen) atoms. The van der Waals surface area contributed by atoms with Gasteiger partial charge in [0.2, 0.25) is 0 Å². The van der Waals surface area contributed by atoms with Crippen molar-refractivity contribution in [2.24, 2.45) is 0 Å². The molecule has 6 nitrogen and oxygen atoms in total. The van der Waals surface area contributed by atoms with Crippen LogP contribution in [-0.2, 0) is 28.6 Å². The van der Waals surface area contributed by atoms with Crippen LogP contribution < -0.4 is 0 Å². The number of rotatable bonds is 50. The van der Waals surface area contributed by atoms with E-state index in [1.807, 2.05) is 0 Å². The molecular weight excluding hydrogens is 829 g/mol. The molecule has 0 rings (SSSR count). The molecule has 0 N–H and O–H groups in total. The minimum Gasteiger partial charge on any atom is -0.462 e. The maximum atomic E-state index is 12.8. The third-order valence-electron chi connectivity index (χ3n) is 11.9. The van der Waals surface area contributed by atoms with E-state index in [0.29, 0.717) is 19.3 Å². The topological polar surface area (TPSA) is 78.9 Å². The normalized spacial score (nSPS) is 12.7. The lowest BCUT2D eigenvalue weighted by Crippen LogP contribution is -2.30. The Kier molecular flexibility index (Phi) is 52.4. The zero-order valence-electron chi connectivity index (χ0n) is 43.9. The third-order valence-corrected chi connectivity index (χ3v) is 11.9. The SMILES string of the molecule is CCCCC/C=C\C/C=C\C/C=C\C/C=C\CCCC(=O)OC[C@H](COC(=O)CCCCCCCCCCCCCCCCCCC)OC(=O)CCCC/C=C\C/C=C\C/C=C\CCCCC. The second kappa shape index (κ2) is 55.2. The van der Waals surface area contributed by atoms with Gasteiger partial charge in [0.25, 0.3) is 0 Å². The maximum Gasteiger partial charge on any atom is 0.306 e. The van der Waals surface area contributed by atoms with Crippen molar-refractivity contribution in [2.75, 3.05) is 13.2 Å². The first-order valence-electron chi connectivity index (χ1n) is 28.1. The molecule has 384 valence electrons. The van der Waals surface area contributed by atoms with Crippen LogP contribution in [0.25, 0.3) is 0 Å². The molecule has 0 bridgehead atoms. The maximum absolute atomic E-state index is 12.8. The number of carbonyl (C=O) groups excluding carboxylic acids is 3. The fourth-order valence-corrected chi connectivity index (χ4v) is 7.62. The highest BCUT2D eigenvalue weighted by atomic mass is 16.6. The number of esters is 3. The number of hydrogen-bond donors (Lipinski definition) is 0. The second-order valence-corrected chi connectivity index (χ2v) is 18.5. The molecule has 0 radical (unpaired) electrons. The van der Waals surface area contributed by atoms with Gasteiger partial charge in [-0.1, -0.05) is 234 Å². The average molecular weight is 933 g/mol. The van der Waals surface area contributed by atoms with E-state index in [4.69, 9.17) is 14.2 Å². The van der Waals surface area contributed by atoms with Crippen molar-refractivity contribution in [1.82, 2.24) is 0 Å². The van der Waals surface area contributed by atoms with Crippen molar-refractivity contribution in [1.29, 1.82) is 0 Å². The van der Waals surface area contributed by atoms with Crippen LogP contribution in [0.2, 0.25) is 0 Å². The predicted molar refractivity (Wildman–Crippen MR) is 288 cm³/mol. The van der Waals surface area contributed by atoms with Crippen molar-refractivity contribution >= 4 is 17.9 Å². The summed E-state index contributed by atoms with van der Waals surface area (Å²) in [5.41, 5.74) is 0. The Morgan fingerprint density at radius 3 is 0.925 bits per heavy atom. The van der Waals surface area contributed by atoms with Crippen LogP contribution in [0, 0.1) is 0 Å². The van der Waals surface area contributed by atoms with Gasteiger partial charge in [0, 0.05) is 19.3 Å². The van der Waals surface area contributed by atoms with Gasteiger partial charge in [-0.05, 0) is 96.3 Å². The third kappa shape index (κ3) is 53.4. The molecule has 0 aromatic heterocycles. The van der Waals surface area contributed by atoms with E-state index in [0.717, 1.165) is 70.6 Å². The van der Waals surface area contributed by atoms with E-state index >= 15 is 0 Å². The van der Waals surface area contributed by atoms with Gasteiger partial charge in [-0.2, -0.15) is 0 Å². The lowest BCUT2D eigenvalue weighted by Gasteiger charge is -2.18. The summed E-state index contributed by atoms with van der Waals surface area (Å²) in [6, 6.07) is 0. The Morgan fingerprint density at radius 1 is 0.299 bits per heavy atom. The molecular formula is C61H104O6. The summed E-state index contributed by atoms with van der Waals surface area (Å²) < 4.78 is 16.8. The zero-order valence-corrected chi connectivity index (χ0v) is 43.9. The predicted octanol–water partition coefficient (Wildman–Crippen LogP) is 18.8. The summed E-state index contributed by atoms with van der Waals surface area (Å²) in [6.07, 6.45) is 71.5. The fraction of sp³-hybridized carbons (Fsp3) is 0.721. The Bertz CT molecular complexity index is 1300. The Labute approximate surface area is 414 Å². The zero-order chi connectivity index (χ0) is 48.6. The van der Waals surface area contributed by atoms with Gasteiger partial charge in [0.05, 0.1) is 0 Å². The van der Waals surface area contributed by atoms with Crippen LogP contribution in [0.3, 0.4) is 0 Å². The first kappa shape index (κ1) is 63.6. The molecule has 6 heteroatoms. The Hall–Kier alpha value is -3.41. The summed E-state index contributed by atoms with van der Waals surface area (Å²) in [6.45, 7) is 6.52. The number of carbonyl (C=O) groups is 3. The Balaban J connectivity index is 4.50. The standard InChI is InChI=1S/C61H104O6/c1-4-7-10-13-16-19-22-25-28-30-33-35-38-41-44-47-50-53-59(62)65-56-58(67-61(64)55-52-49-46-43-40-37-32-27-24-21-18-15-12-9-6-3)57-66-60(63)54-51-48-45-42-39-36-34-31-29-26-23-20-17-14-11-8-5-2/h16,18-19,21,25,27-28,32-33,35,40-41,43-44,58H,4-15,17,20,22-24,26,29-31,34,36-39,42,45-57H2,1-3H3/b19-16-,21-18-,28-25-,32-27-,35-33-,43-40-,44-41-/t58-/m1/s1. The monoisotopic (exact) mass is 933 g/mol. The highest BCUT2D eigenvalue weighted by Gasteiger charge is 2.19. The van der Waals surface area contributed by atoms with Crippen molar-refractivity contribution < 1.29 is 28.6 Å². The van der Waals surface area contributed by atoms with Crippen LogP contribution >= 0.6 is 0 Å². The van der Waals surface area contributed by atoms with Crippen LogP contribution in [0.5, 0.6) is 0 Å². The highest BCUT2D eigenvalue weighted by Crippen LogP contribution is 2.15. The average Bonchev–Trinajstić information content (AvgIpc) is 3.33. The number of ether oxygens (including phenoxy) is 3. The quantitative estimate of drug-likeness (QED) is 0.0262. The van der Waals surface area contributed by atoms with Crippen molar-refractivity contribution in [3.8, 4) is 0 Å². The molecule has 0 aliphatic heterocycles. The molecule has 0 aromatic rings. The minimum atomic E-state index is -0.817. The number of unbranched alkanes of at least 4 members (excludes halogenated alkanes) is 25. The van der Waals surface area contributed by atoms with E-state index < -0.39 is 6.10 Å². The summed E-state index contributed by atoms with van der Waals surface area (Å²) in [7, 11) is 0. The molecule has 0 aromatic carbocycles. The first-order valence-corrected chi connectivity index (χ1v) is 28.1. The van der Waals surface area contributed by atoms with Gasteiger partial charge >= 0.3 is 17.9 Å². The molecule has 0 heterocycles. The van der Waals surface area contributed by atoms with E-state index in [1.165, 1.54) is 141 Å². The Morgan fingerprint density at radius 2 is 0.552 bits per heavy atom. The lowest BCUT2D eigenvalue weighted by atomic mass is 10.0. The smallest absolute Gasteiger partial charge is 0.306 e. The van der Waals surface area contributed by atoms with Crippen molar-refractivity contribution in [3.63, 3.8) is 0 Å². The molecule has 0 aliphatic rings. The summed E-state index contributed by atoms with van der Waals surface area (Å²) in [5, 5.41) is 0. The number of hydrogen-bond acceptors (Lipinski definition) is 6. The molecule has 0 fully saturated rings. The largest absolute Gasteiger partial charge is 0.462 e. The minimum absolute atomic E-state index is 0.107. The van der Waals surface area contributed by atoms with Crippen LogP contribution in [0.1, 0.15) is 265 Å².